The van der Waals surface area contributed by atoms with Crippen molar-refractivity contribution in [3.05, 3.63) is 83.9 Å². The van der Waals surface area contributed by atoms with Crippen molar-refractivity contribution in [2.24, 2.45) is 11.8 Å². The van der Waals surface area contributed by atoms with Crippen LogP contribution >= 0.6 is 0 Å². The zero-order valence-electron chi connectivity index (χ0n) is 30.7. The summed E-state index contributed by atoms with van der Waals surface area (Å²) in [5.74, 6) is -10.8. The van der Waals surface area contributed by atoms with Crippen molar-refractivity contribution in [3.63, 3.8) is 0 Å². The highest BCUT2D eigenvalue weighted by molar-refractivity contribution is 5.98. The fourth-order valence-corrected chi connectivity index (χ4v) is 7.38. The number of rotatable bonds is 20. The van der Waals surface area contributed by atoms with Crippen molar-refractivity contribution in [2.45, 2.75) is 120 Å². The van der Waals surface area contributed by atoms with Crippen LogP contribution in [0.1, 0.15) is 76.8 Å². The Morgan fingerprint density at radius 3 is 2.09 bits per heavy atom. The molecule has 0 spiro atoms. The van der Waals surface area contributed by atoms with Gasteiger partial charge in [0.05, 0.1) is 0 Å². The summed E-state index contributed by atoms with van der Waals surface area (Å²) in [6.45, 7) is 5.12. The molecule has 2 bridgehead atoms. The summed E-state index contributed by atoms with van der Waals surface area (Å²) in [6, 6.07) is 19.4. The van der Waals surface area contributed by atoms with Crippen molar-refractivity contribution in [2.75, 3.05) is 0 Å². The van der Waals surface area contributed by atoms with Gasteiger partial charge in [0.2, 0.25) is 23.1 Å². The van der Waals surface area contributed by atoms with E-state index in [9.17, 15) is 49.5 Å². The zero-order valence-corrected chi connectivity index (χ0v) is 30.7. The van der Waals surface area contributed by atoms with E-state index in [0.717, 1.165) is 24.8 Å². The number of carboxylic acid groups (broad SMARTS) is 3. The molecular weight excluding hydrogens is 704 g/mol. The average molecular weight is 755 g/mol. The Morgan fingerprint density at radius 1 is 0.889 bits per heavy atom. The monoisotopic (exact) mass is 754 g/mol. The van der Waals surface area contributed by atoms with Gasteiger partial charge in [0.25, 0.3) is 0 Å². The Hall–Kier alpha value is -4.63. The Kier molecular flexibility index (Phi) is 14.1. The van der Waals surface area contributed by atoms with Gasteiger partial charge in [0.1, 0.15) is 12.2 Å². The van der Waals surface area contributed by atoms with E-state index in [2.05, 4.69) is 12.1 Å². The maximum absolute atomic E-state index is 13.2. The van der Waals surface area contributed by atoms with E-state index in [-0.39, 0.29) is 37.5 Å². The number of aliphatic hydroxyl groups is 2. The number of fused-ring (bicyclic) bond motifs is 2. The maximum atomic E-state index is 13.2. The first-order valence-electron chi connectivity index (χ1n) is 18.2. The van der Waals surface area contributed by atoms with Crippen LogP contribution in [0.15, 0.2) is 72.8 Å². The summed E-state index contributed by atoms with van der Waals surface area (Å²) in [4.78, 5) is 63.2. The number of carbonyl (C=O) groups is 5. The smallest absolute Gasteiger partial charge is 0.344 e. The highest BCUT2D eigenvalue weighted by atomic mass is 16.8. The van der Waals surface area contributed by atoms with Crippen LogP contribution in [0.25, 0.3) is 0 Å². The second kappa shape index (κ2) is 18.1. The van der Waals surface area contributed by atoms with Crippen LogP contribution in [0.5, 0.6) is 0 Å². The first kappa shape index (κ1) is 42.1. The number of esters is 2. The first-order valence-corrected chi connectivity index (χ1v) is 18.2. The predicted octanol–water partition coefficient (Wildman–Crippen LogP) is 4.08. The molecule has 2 aromatic carbocycles. The molecule has 2 aromatic rings. The number of carbonyl (C=O) groups excluding carboxylic acids is 2. The SMILES string of the molecule is CC(=O)O[C@H](CCCC12OC(C(=O)O)C(O)(C(=O)O)C(C(=O)O)(O1)C(OC(=O)CC/C=C/[C@H](C)CCCc1ccccc1)C2O)[C@H](C)Cc1ccccc1. The van der Waals surface area contributed by atoms with Crippen LogP contribution in [0, 0.1) is 11.8 Å². The van der Waals surface area contributed by atoms with E-state index in [0.29, 0.717) is 6.42 Å². The van der Waals surface area contributed by atoms with Gasteiger partial charge in [0, 0.05) is 19.8 Å². The fourth-order valence-electron chi connectivity index (χ4n) is 7.38. The molecule has 2 aliphatic heterocycles. The highest BCUT2D eigenvalue weighted by Gasteiger charge is 2.85. The quantitative estimate of drug-likeness (QED) is 0.0950. The molecule has 0 radical (unpaired) electrons. The normalized spacial score (nSPS) is 27.8. The van der Waals surface area contributed by atoms with Crippen LogP contribution in [-0.2, 0) is 55.8 Å². The molecule has 6 unspecified atom stereocenters. The molecule has 2 heterocycles. The molecule has 2 aliphatic rings. The van der Waals surface area contributed by atoms with Gasteiger partial charge in [-0.3, -0.25) is 9.59 Å². The molecule has 9 atom stereocenters. The number of aliphatic hydroxyl groups excluding tert-OH is 1. The molecule has 14 nitrogen and oxygen atoms in total. The fraction of sp³-hybridized carbons (Fsp3) is 0.525. The minimum Gasteiger partial charge on any atom is -0.479 e. The molecule has 54 heavy (non-hydrogen) atoms. The van der Waals surface area contributed by atoms with E-state index >= 15 is 0 Å². The lowest BCUT2D eigenvalue weighted by Crippen LogP contribution is -2.78. The van der Waals surface area contributed by atoms with Crippen LogP contribution in [-0.4, -0.2) is 96.8 Å². The summed E-state index contributed by atoms with van der Waals surface area (Å²) in [6.07, 6.45) is -1.75. The maximum Gasteiger partial charge on any atom is 0.344 e. The lowest BCUT2D eigenvalue weighted by atomic mass is 9.74. The summed E-state index contributed by atoms with van der Waals surface area (Å²) in [5.41, 5.74) is -5.16. The lowest BCUT2D eigenvalue weighted by molar-refractivity contribution is -0.374. The van der Waals surface area contributed by atoms with Crippen molar-refractivity contribution in [3.8, 4) is 0 Å². The number of benzene rings is 2. The van der Waals surface area contributed by atoms with Gasteiger partial charge in [-0.15, -0.1) is 0 Å². The van der Waals surface area contributed by atoms with E-state index in [1.807, 2.05) is 68.5 Å². The molecule has 0 saturated carbocycles. The first-order chi connectivity index (χ1) is 25.6. The molecule has 2 saturated heterocycles. The number of allylic oxidation sites excluding steroid dienone is 2. The van der Waals surface area contributed by atoms with Crippen LogP contribution in [0.2, 0.25) is 0 Å². The van der Waals surface area contributed by atoms with E-state index in [4.69, 9.17) is 18.9 Å². The summed E-state index contributed by atoms with van der Waals surface area (Å²) < 4.78 is 22.2. The number of aliphatic carboxylic acids is 3. The highest BCUT2D eigenvalue weighted by Crippen LogP contribution is 2.55. The minimum absolute atomic E-state index is 0.0311. The van der Waals surface area contributed by atoms with Crippen molar-refractivity contribution in [1.29, 1.82) is 0 Å². The number of aryl methyl sites for hydroxylation is 1. The third kappa shape index (κ3) is 9.17. The van der Waals surface area contributed by atoms with Gasteiger partial charge < -0.3 is 44.5 Å². The molecular formula is C40H50O14. The number of ether oxygens (including phenoxy) is 4. The molecule has 14 heteroatoms. The van der Waals surface area contributed by atoms with Crippen molar-refractivity contribution in [1.82, 2.24) is 0 Å². The average Bonchev–Trinajstić information content (AvgIpc) is 3.33. The molecule has 0 amide bonds. The van der Waals surface area contributed by atoms with Gasteiger partial charge in [-0.25, -0.2) is 14.4 Å². The molecule has 4 rings (SSSR count). The molecule has 0 aromatic heterocycles. The Bertz CT molecular complexity index is 1650. The largest absolute Gasteiger partial charge is 0.479 e. The third-order valence-corrected chi connectivity index (χ3v) is 10.2. The van der Waals surface area contributed by atoms with Crippen molar-refractivity contribution < 1.29 is 68.5 Å². The van der Waals surface area contributed by atoms with E-state index in [1.165, 1.54) is 12.5 Å². The van der Waals surface area contributed by atoms with E-state index < -0.39 is 77.7 Å². The number of hydrogen-bond acceptors (Lipinski definition) is 11. The third-order valence-electron chi connectivity index (χ3n) is 10.2. The molecule has 2 fully saturated rings. The Morgan fingerprint density at radius 2 is 1.52 bits per heavy atom. The van der Waals surface area contributed by atoms with Gasteiger partial charge in [-0.2, -0.15) is 0 Å². The standard InChI is InChI=1S/C40H50O14/c1-25(15-12-20-28-16-6-4-7-17-28)14-10-11-22-31(42)52-33-32(43)38(53-34(35(44)45)39(50,36(46)47)40(33,54-38)37(48)49)23-13-21-30(51-27(3)41)26(2)24-29-18-8-5-9-19-29/h4-10,14,16-19,25-26,30,32-34,43,50H,11-13,15,20-24H2,1-3H3,(H,44,45)(H,46,47)(H,48,49)/b14-10+/t25-,26+,30+,32?,33?,34?,38?,39?,40?/m0/s1. The Labute approximate surface area is 313 Å². The van der Waals surface area contributed by atoms with Gasteiger partial charge >= 0.3 is 29.8 Å². The number of hydrogen-bond donors (Lipinski definition) is 5. The molecule has 294 valence electrons. The zero-order chi connectivity index (χ0) is 39.7. The second-order valence-corrected chi connectivity index (χ2v) is 14.2. The second-order valence-electron chi connectivity index (χ2n) is 14.2. The van der Waals surface area contributed by atoms with Gasteiger partial charge in [-0.1, -0.05) is 86.7 Å². The summed E-state index contributed by atoms with van der Waals surface area (Å²) in [7, 11) is 0. The van der Waals surface area contributed by atoms with E-state index in [1.54, 1.807) is 6.08 Å². The van der Waals surface area contributed by atoms with Crippen molar-refractivity contribution >= 4 is 29.8 Å². The lowest BCUT2D eigenvalue weighted by Gasteiger charge is -2.48. The van der Waals surface area contributed by atoms with Gasteiger partial charge in [-0.05, 0) is 67.9 Å². The van der Waals surface area contributed by atoms with Crippen LogP contribution in [0.3, 0.4) is 0 Å². The van der Waals surface area contributed by atoms with Gasteiger partial charge in [0.15, 0.2) is 6.10 Å². The minimum atomic E-state index is -3.86. The van der Waals surface area contributed by atoms with Crippen LogP contribution < -0.4 is 0 Å². The molecule has 0 aliphatic carbocycles. The Balaban J connectivity index is 1.51. The predicted molar refractivity (Wildman–Crippen MR) is 191 cm³/mol. The van der Waals surface area contributed by atoms with Crippen LogP contribution in [0.4, 0.5) is 0 Å². The topological polar surface area (TPSA) is 223 Å². The molecule has 5 N–H and O–H groups in total. The number of carboxylic acids is 3. The summed E-state index contributed by atoms with van der Waals surface area (Å²) >= 11 is 0. The summed E-state index contributed by atoms with van der Waals surface area (Å²) in [5, 5.41) is 53.7.